The molecule has 1 aliphatic carbocycles. The molecule has 15 heavy (non-hydrogen) atoms. The van der Waals surface area contributed by atoms with Crippen LogP contribution in [0.1, 0.15) is 38.4 Å². The van der Waals surface area contributed by atoms with E-state index in [2.05, 4.69) is 29.3 Å². The fourth-order valence-electron chi connectivity index (χ4n) is 1.52. The van der Waals surface area contributed by atoms with E-state index in [9.17, 15) is 0 Å². The van der Waals surface area contributed by atoms with Crippen molar-refractivity contribution in [3.05, 3.63) is 11.7 Å². The molecule has 0 amide bonds. The first-order chi connectivity index (χ1) is 7.24. The van der Waals surface area contributed by atoms with Crippen LogP contribution in [0.4, 0.5) is 0 Å². The molecular weight excluding hydrogens is 190 g/mol. The second-order valence-electron chi connectivity index (χ2n) is 4.78. The van der Waals surface area contributed by atoms with Gasteiger partial charge in [-0.15, -0.1) is 0 Å². The largest absolute Gasteiger partial charge is 0.338 e. The maximum absolute atomic E-state index is 5.14. The van der Waals surface area contributed by atoms with Gasteiger partial charge in [0.1, 0.15) is 0 Å². The van der Waals surface area contributed by atoms with Crippen molar-refractivity contribution < 1.29 is 4.52 Å². The second kappa shape index (κ2) is 4.75. The van der Waals surface area contributed by atoms with Gasteiger partial charge >= 0.3 is 0 Å². The van der Waals surface area contributed by atoms with E-state index >= 15 is 0 Å². The molecule has 4 heteroatoms. The summed E-state index contributed by atoms with van der Waals surface area (Å²) in [5.41, 5.74) is 0. The first kappa shape index (κ1) is 10.6. The van der Waals surface area contributed by atoms with Crippen molar-refractivity contribution in [1.29, 1.82) is 0 Å². The Bertz CT molecular complexity index is 305. The Kier molecular flexibility index (Phi) is 3.36. The average Bonchev–Trinajstić information content (AvgIpc) is 2.88. The Hall–Kier alpha value is -0.900. The predicted molar refractivity (Wildman–Crippen MR) is 57.3 cm³/mol. The summed E-state index contributed by atoms with van der Waals surface area (Å²) in [6.07, 6.45) is 3.64. The van der Waals surface area contributed by atoms with Gasteiger partial charge in [-0.05, 0) is 31.2 Å². The average molecular weight is 209 g/mol. The quantitative estimate of drug-likeness (QED) is 0.775. The molecule has 0 aliphatic heterocycles. The monoisotopic (exact) mass is 209 g/mol. The molecule has 0 radical (unpaired) electrons. The molecule has 0 saturated heterocycles. The summed E-state index contributed by atoms with van der Waals surface area (Å²) in [6.45, 7) is 6.10. The van der Waals surface area contributed by atoms with Gasteiger partial charge in [0.25, 0.3) is 0 Å². The summed E-state index contributed by atoms with van der Waals surface area (Å²) in [4.78, 5) is 4.33. The summed E-state index contributed by atoms with van der Waals surface area (Å²) >= 11 is 0. The van der Waals surface area contributed by atoms with Gasteiger partial charge in [0.15, 0.2) is 5.82 Å². The van der Waals surface area contributed by atoms with Crippen molar-refractivity contribution in [3.8, 4) is 0 Å². The van der Waals surface area contributed by atoms with E-state index in [-0.39, 0.29) is 0 Å². The van der Waals surface area contributed by atoms with Gasteiger partial charge < -0.3 is 9.84 Å². The Balaban J connectivity index is 1.73. The van der Waals surface area contributed by atoms with Crippen molar-refractivity contribution in [2.24, 2.45) is 11.8 Å². The van der Waals surface area contributed by atoms with Crippen molar-refractivity contribution in [2.45, 2.75) is 39.7 Å². The number of rotatable bonds is 6. The summed E-state index contributed by atoms with van der Waals surface area (Å²) in [5, 5.41) is 7.28. The minimum Gasteiger partial charge on any atom is -0.338 e. The normalized spacial score (nSPS) is 16.2. The highest BCUT2D eigenvalue weighted by molar-refractivity contribution is 4.87. The molecule has 84 valence electrons. The minimum absolute atomic E-state index is 0.579. The van der Waals surface area contributed by atoms with Gasteiger partial charge in [-0.3, -0.25) is 0 Å². The van der Waals surface area contributed by atoms with Crippen molar-refractivity contribution >= 4 is 0 Å². The zero-order valence-electron chi connectivity index (χ0n) is 9.49. The molecule has 1 aliphatic rings. The number of hydrogen-bond acceptors (Lipinski definition) is 4. The molecule has 4 nitrogen and oxygen atoms in total. The van der Waals surface area contributed by atoms with Gasteiger partial charge in [0.05, 0.1) is 6.54 Å². The lowest BCUT2D eigenvalue weighted by Gasteiger charge is -1.98. The molecule has 1 heterocycles. The fourth-order valence-corrected chi connectivity index (χ4v) is 1.52. The number of nitrogens with zero attached hydrogens (tertiary/aromatic N) is 2. The summed E-state index contributed by atoms with van der Waals surface area (Å²) in [6, 6.07) is 0. The zero-order valence-corrected chi connectivity index (χ0v) is 9.49. The maximum atomic E-state index is 5.14. The topological polar surface area (TPSA) is 51.0 Å². The molecule has 1 fully saturated rings. The van der Waals surface area contributed by atoms with Crippen LogP contribution in [-0.4, -0.2) is 16.7 Å². The SMILES string of the molecule is CC(C)Cc1noc(CNCC2CC2)n1. The highest BCUT2D eigenvalue weighted by atomic mass is 16.5. The van der Waals surface area contributed by atoms with E-state index < -0.39 is 0 Å². The van der Waals surface area contributed by atoms with E-state index in [1.807, 2.05) is 0 Å². The van der Waals surface area contributed by atoms with Crippen LogP contribution in [0.25, 0.3) is 0 Å². The van der Waals surface area contributed by atoms with Crippen LogP contribution in [0, 0.1) is 11.8 Å². The van der Waals surface area contributed by atoms with Crippen LogP contribution >= 0.6 is 0 Å². The van der Waals surface area contributed by atoms with Crippen LogP contribution in [0.2, 0.25) is 0 Å². The molecule has 1 N–H and O–H groups in total. The third-order valence-electron chi connectivity index (χ3n) is 2.51. The molecule has 0 spiro atoms. The van der Waals surface area contributed by atoms with E-state index in [1.165, 1.54) is 12.8 Å². The zero-order chi connectivity index (χ0) is 10.7. The van der Waals surface area contributed by atoms with Crippen LogP contribution in [0.15, 0.2) is 4.52 Å². The molecule has 0 atom stereocenters. The molecule has 0 aromatic carbocycles. The van der Waals surface area contributed by atoms with Crippen LogP contribution in [0.5, 0.6) is 0 Å². The van der Waals surface area contributed by atoms with Crippen LogP contribution in [0.3, 0.4) is 0 Å². The molecule has 1 saturated carbocycles. The molecule has 0 bridgehead atoms. The summed E-state index contributed by atoms with van der Waals surface area (Å²) in [7, 11) is 0. The molecule has 2 rings (SSSR count). The van der Waals surface area contributed by atoms with E-state index in [0.717, 1.165) is 24.7 Å². The molecule has 1 aromatic heterocycles. The van der Waals surface area contributed by atoms with Gasteiger partial charge in [-0.25, -0.2) is 0 Å². The predicted octanol–water partition coefficient (Wildman–Crippen LogP) is 1.77. The Morgan fingerprint density at radius 2 is 2.27 bits per heavy atom. The first-order valence-electron chi connectivity index (χ1n) is 5.76. The highest BCUT2D eigenvalue weighted by Crippen LogP contribution is 2.27. The second-order valence-corrected chi connectivity index (χ2v) is 4.78. The highest BCUT2D eigenvalue weighted by Gasteiger charge is 2.20. The van der Waals surface area contributed by atoms with E-state index in [0.29, 0.717) is 18.4 Å². The standard InChI is InChI=1S/C11H19N3O/c1-8(2)5-10-13-11(15-14-10)7-12-6-9-3-4-9/h8-9,12H,3-7H2,1-2H3. The van der Waals surface area contributed by atoms with E-state index in [4.69, 9.17) is 4.52 Å². The Morgan fingerprint density at radius 1 is 1.47 bits per heavy atom. The van der Waals surface area contributed by atoms with Crippen LogP contribution < -0.4 is 5.32 Å². The summed E-state index contributed by atoms with van der Waals surface area (Å²) < 4.78 is 5.14. The minimum atomic E-state index is 0.579. The maximum Gasteiger partial charge on any atom is 0.240 e. The van der Waals surface area contributed by atoms with Gasteiger partial charge in [-0.1, -0.05) is 19.0 Å². The lowest BCUT2D eigenvalue weighted by atomic mass is 10.1. The van der Waals surface area contributed by atoms with Gasteiger partial charge in [-0.2, -0.15) is 4.98 Å². The number of hydrogen-bond donors (Lipinski definition) is 1. The van der Waals surface area contributed by atoms with Gasteiger partial charge in [0, 0.05) is 6.42 Å². The summed E-state index contributed by atoms with van der Waals surface area (Å²) in [5.74, 6) is 3.01. The number of nitrogens with one attached hydrogen (secondary N) is 1. The van der Waals surface area contributed by atoms with Crippen molar-refractivity contribution in [3.63, 3.8) is 0 Å². The molecule has 0 unspecified atom stereocenters. The molecular formula is C11H19N3O. The lowest BCUT2D eigenvalue weighted by Crippen LogP contribution is -2.16. The number of aromatic nitrogens is 2. The third kappa shape index (κ3) is 3.63. The van der Waals surface area contributed by atoms with Crippen LogP contribution in [-0.2, 0) is 13.0 Å². The van der Waals surface area contributed by atoms with Crippen molar-refractivity contribution in [1.82, 2.24) is 15.5 Å². The fraction of sp³-hybridized carbons (Fsp3) is 0.818. The van der Waals surface area contributed by atoms with Crippen molar-refractivity contribution in [2.75, 3.05) is 6.54 Å². The molecule has 1 aromatic rings. The van der Waals surface area contributed by atoms with E-state index in [1.54, 1.807) is 0 Å². The smallest absolute Gasteiger partial charge is 0.240 e. The Morgan fingerprint density at radius 3 is 2.93 bits per heavy atom. The lowest BCUT2D eigenvalue weighted by molar-refractivity contribution is 0.360. The first-order valence-corrected chi connectivity index (χ1v) is 5.76. The third-order valence-corrected chi connectivity index (χ3v) is 2.51. The van der Waals surface area contributed by atoms with Gasteiger partial charge in [0.2, 0.25) is 5.89 Å². The Labute approximate surface area is 90.4 Å².